The van der Waals surface area contributed by atoms with Gasteiger partial charge in [0.2, 0.25) is 0 Å². The minimum absolute atomic E-state index is 0.153. The van der Waals surface area contributed by atoms with E-state index in [9.17, 15) is 0 Å². The molecule has 0 N–H and O–H groups in total. The van der Waals surface area contributed by atoms with Crippen LogP contribution in [0.5, 0.6) is 23.0 Å². The summed E-state index contributed by atoms with van der Waals surface area (Å²) in [6, 6.07) is 122. The Labute approximate surface area is 619 Å². The van der Waals surface area contributed by atoms with E-state index >= 15 is 0 Å². The van der Waals surface area contributed by atoms with Crippen LogP contribution in [0.4, 0.5) is 34.1 Å². The molecule has 0 fully saturated rings. The average Bonchev–Trinajstić information content (AvgIpc) is 1.41. The van der Waals surface area contributed by atoms with Crippen LogP contribution >= 0.6 is 0 Å². The molecule has 0 amide bonds. The first kappa shape index (κ1) is 61.0. The van der Waals surface area contributed by atoms with E-state index in [0.717, 1.165) is 124 Å². The molecule has 0 atom stereocenters. The molecule has 5 nitrogen and oxygen atoms in total. The standard InChI is InChI=1S/C99H71B2N3O2/c1-97(2,3)63-48-50-84(73(54-63)60-28-9-7-10-29-60)103-86-59-87-81(58-80(86)100-78-42-21-25-46-90(78)105-92-53-62(52-88(103)95(92)100)66-37-27-38-72-69-34-15-20-41-77(69)99(94(66)72)75-39-18-13-32-67(75)68-33-14-19-40-76(68)99)101-79-43-22-26-47-91(79)106-93-57-65(102-82-44-23-16-35-70(82)71-36-17-24-45-83(71)102)56-89(96(93)101)104(87)85-51-49-64(98(4,5)6)55-74(85)61-30-11-8-12-31-61/h7-59H,1-6H3. The van der Waals surface area contributed by atoms with Crippen molar-refractivity contribution >= 4 is 102 Å². The van der Waals surface area contributed by atoms with Crippen molar-refractivity contribution in [2.45, 2.75) is 57.8 Å². The molecule has 1 aromatic heterocycles. The van der Waals surface area contributed by atoms with E-state index in [1.165, 1.54) is 82.9 Å². The first-order valence-electron chi connectivity index (χ1n) is 37.4. The van der Waals surface area contributed by atoms with Crippen molar-refractivity contribution in [1.29, 1.82) is 0 Å². The fourth-order valence-corrected chi connectivity index (χ4v) is 19.4. The summed E-state index contributed by atoms with van der Waals surface area (Å²) < 4.78 is 17.6. The van der Waals surface area contributed by atoms with Crippen LogP contribution in [-0.4, -0.2) is 18.0 Å². The molecule has 0 saturated carbocycles. The van der Waals surface area contributed by atoms with Crippen LogP contribution in [0.25, 0.3) is 83.1 Å². The Hall–Kier alpha value is -12.6. The number of ether oxygens (including phenoxy) is 2. The average molecular weight is 1360 g/mol. The van der Waals surface area contributed by atoms with Gasteiger partial charge >= 0.3 is 0 Å². The zero-order chi connectivity index (χ0) is 70.6. The first-order chi connectivity index (χ1) is 51.9. The normalized spacial score (nSPS) is 14.1. The third-order valence-corrected chi connectivity index (χ3v) is 24.0. The van der Waals surface area contributed by atoms with Gasteiger partial charge in [0.25, 0.3) is 13.4 Å². The molecule has 500 valence electrons. The quantitative estimate of drug-likeness (QED) is 0.155. The van der Waals surface area contributed by atoms with Crippen molar-refractivity contribution in [2.24, 2.45) is 0 Å². The second kappa shape index (κ2) is 22.2. The molecule has 0 radical (unpaired) electrons. The maximum Gasteiger partial charge on any atom is 0.256 e. The van der Waals surface area contributed by atoms with E-state index in [1.54, 1.807) is 0 Å². The highest BCUT2D eigenvalue weighted by molar-refractivity contribution is 7.02. The van der Waals surface area contributed by atoms with Gasteiger partial charge in [0.1, 0.15) is 23.0 Å². The Kier molecular flexibility index (Phi) is 12.8. The number of para-hydroxylation sites is 4. The van der Waals surface area contributed by atoms with Crippen LogP contribution in [0.2, 0.25) is 0 Å². The molecule has 7 heteroatoms. The Morgan fingerprint density at radius 1 is 0.283 bits per heavy atom. The predicted molar refractivity (Wildman–Crippen MR) is 442 cm³/mol. The van der Waals surface area contributed by atoms with E-state index in [0.29, 0.717) is 0 Å². The smallest absolute Gasteiger partial charge is 0.256 e. The van der Waals surface area contributed by atoms with Gasteiger partial charge in [-0.1, -0.05) is 284 Å². The lowest BCUT2D eigenvalue weighted by Crippen LogP contribution is -2.63. The summed E-state index contributed by atoms with van der Waals surface area (Å²) in [5.74, 6) is 3.40. The molecule has 106 heavy (non-hydrogen) atoms. The second-order valence-corrected chi connectivity index (χ2v) is 31.8. The number of rotatable bonds is 6. The zero-order valence-corrected chi connectivity index (χ0v) is 59.9. The predicted octanol–water partition coefficient (Wildman–Crippen LogP) is 21.5. The summed E-state index contributed by atoms with van der Waals surface area (Å²) in [6.45, 7) is 13.5. The first-order valence-corrected chi connectivity index (χ1v) is 37.4. The summed E-state index contributed by atoms with van der Waals surface area (Å²) in [5, 5.41) is 2.41. The lowest BCUT2D eigenvalue weighted by Gasteiger charge is -2.45. The largest absolute Gasteiger partial charge is 0.458 e. The van der Waals surface area contributed by atoms with Gasteiger partial charge in [-0.25, -0.2) is 0 Å². The molecule has 4 aliphatic heterocycles. The van der Waals surface area contributed by atoms with Gasteiger partial charge in [0.15, 0.2) is 0 Å². The summed E-state index contributed by atoms with van der Waals surface area (Å²) in [7, 11) is 0. The molecular weight excluding hydrogens is 1280 g/mol. The van der Waals surface area contributed by atoms with Crippen LogP contribution in [0.3, 0.4) is 0 Å². The van der Waals surface area contributed by atoms with Gasteiger partial charge < -0.3 is 23.8 Å². The minimum Gasteiger partial charge on any atom is -0.458 e. The molecule has 0 saturated heterocycles. The summed E-state index contributed by atoms with van der Waals surface area (Å²) in [5.41, 5.74) is 35.4. The highest BCUT2D eigenvalue weighted by Gasteiger charge is 2.54. The maximum atomic E-state index is 7.65. The van der Waals surface area contributed by atoms with Gasteiger partial charge in [-0.15, -0.1) is 0 Å². The molecule has 22 rings (SSSR count). The van der Waals surface area contributed by atoms with E-state index in [2.05, 4.69) is 377 Å². The van der Waals surface area contributed by atoms with Gasteiger partial charge in [-0.05, 0) is 194 Å². The second-order valence-electron chi connectivity index (χ2n) is 31.8. The Balaban J connectivity index is 0.882. The molecule has 2 aliphatic carbocycles. The van der Waals surface area contributed by atoms with Gasteiger partial charge in [0.05, 0.1) is 33.5 Å². The van der Waals surface area contributed by atoms with Crippen molar-refractivity contribution in [3.05, 3.63) is 355 Å². The highest BCUT2D eigenvalue weighted by Crippen LogP contribution is 2.65. The summed E-state index contributed by atoms with van der Waals surface area (Å²) in [4.78, 5) is 5.28. The fraction of sp³-hybridized carbons (Fsp3) is 0.0909. The molecule has 6 aliphatic rings. The molecule has 5 heterocycles. The van der Waals surface area contributed by atoms with Crippen LogP contribution in [-0.2, 0) is 16.2 Å². The van der Waals surface area contributed by atoms with Crippen LogP contribution < -0.4 is 52.1 Å². The van der Waals surface area contributed by atoms with Crippen LogP contribution in [0.1, 0.15) is 74.9 Å². The number of fused-ring (bicyclic) bond motifs is 21. The van der Waals surface area contributed by atoms with E-state index in [1.807, 2.05) is 0 Å². The number of nitrogens with zero attached hydrogens (tertiary/aromatic N) is 3. The van der Waals surface area contributed by atoms with E-state index < -0.39 is 5.41 Å². The van der Waals surface area contributed by atoms with Gasteiger partial charge in [-0.3, -0.25) is 0 Å². The third-order valence-electron chi connectivity index (χ3n) is 24.0. The fourth-order valence-electron chi connectivity index (χ4n) is 19.4. The summed E-state index contributed by atoms with van der Waals surface area (Å²) >= 11 is 0. The van der Waals surface area contributed by atoms with Gasteiger partial charge in [-0.2, -0.15) is 0 Å². The molecular formula is C99H71B2N3O2. The number of hydrogen-bond acceptors (Lipinski definition) is 4. The molecule has 0 unspecified atom stereocenters. The number of hydrogen-bond donors (Lipinski definition) is 0. The van der Waals surface area contributed by atoms with Crippen molar-refractivity contribution in [1.82, 2.24) is 4.57 Å². The monoisotopic (exact) mass is 1360 g/mol. The minimum atomic E-state index is -0.610. The number of aromatic nitrogens is 1. The topological polar surface area (TPSA) is 29.9 Å². The molecule has 15 aromatic carbocycles. The molecule has 0 bridgehead atoms. The molecule has 1 spiro atoms. The SMILES string of the molecule is CC(C)(C)c1ccc(N2c3cc4c(cc3B3c5ccccc5Oc5cc(-c6cccc7c6C6(c8ccccc8-c8ccccc86)c6ccccc6-7)cc2c53)B2c3ccccc3Oc3cc(-n5c6ccccc6c6ccccc65)cc(c32)N4c2ccc(C(C)(C)C)cc2-c2ccccc2)c(-c2ccccc2)c1. The third kappa shape index (κ3) is 8.51. The van der Waals surface area contributed by atoms with Crippen LogP contribution in [0.15, 0.2) is 322 Å². The van der Waals surface area contributed by atoms with Crippen molar-refractivity contribution in [3.8, 4) is 84.3 Å². The van der Waals surface area contributed by atoms with Crippen molar-refractivity contribution < 1.29 is 9.47 Å². The lowest BCUT2D eigenvalue weighted by atomic mass is 9.31. The van der Waals surface area contributed by atoms with E-state index in [-0.39, 0.29) is 24.3 Å². The zero-order valence-electron chi connectivity index (χ0n) is 59.9. The van der Waals surface area contributed by atoms with Crippen molar-refractivity contribution in [2.75, 3.05) is 9.80 Å². The number of anilines is 6. The lowest BCUT2D eigenvalue weighted by molar-refractivity contribution is 0.487. The molecule has 16 aromatic rings. The Morgan fingerprint density at radius 3 is 1.23 bits per heavy atom. The maximum absolute atomic E-state index is 7.65. The van der Waals surface area contributed by atoms with Crippen molar-refractivity contribution in [3.63, 3.8) is 0 Å². The summed E-state index contributed by atoms with van der Waals surface area (Å²) in [6.07, 6.45) is 0. The van der Waals surface area contributed by atoms with Gasteiger partial charge in [0, 0.05) is 50.7 Å². The highest BCUT2D eigenvalue weighted by atomic mass is 16.5. The Bertz CT molecular complexity index is 6360. The Morgan fingerprint density at radius 2 is 0.708 bits per heavy atom. The van der Waals surface area contributed by atoms with Crippen LogP contribution in [0, 0.1) is 0 Å². The van der Waals surface area contributed by atoms with E-state index in [4.69, 9.17) is 9.47 Å². The number of benzene rings is 15.